The Kier molecular flexibility index (Phi) is 3.73. The first-order valence-electron chi connectivity index (χ1n) is 6.31. The van der Waals surface area contributed by atoms with Crippen LogP contribution in [0.4, 0.5) is 0 Å². The van der Waals surface area contributed by atoms with E-state index in [4.69, 9.17) is 4.42 Å². The van der Waals surface area contributed by atoms with E-state index in [1.165, 1.54) is 29.8 Å². The maximum atomic E-state index is 12.6. The van der Waals surface area contributed by atoms with Crippen LogP contribution in [-0.2, 0) is 17.1 Å². The van der Waals surface area contributed by atoms with E-state index in [9.17, 15) is 18.3 Å². The number of aryl methyl sites for hydroxylation is 1. The molecule has 1 N–H and O–H groups in total. The summed E-state index contributed by atoms with van der Waals surface area (Å²) < 4.78 is 32.5. The number of benzene rings is 1. The van der Waals surface area contributed by atoms with E-state index >= 15 is 0 Å². The number of hydrogen-bond acceptors (Lipinski definition) is 5. The van der Waals surface area contributed by atoms with Gasteiger partial charge in [0.15, 0.2) is 5.58 Å². The molecule has 116 valence electrons. The van der Waals surface area contributed by atoms with Crippen LogP contribution in [0.5, 0.6) is 0 Å². The first kappa shape index (κ1) is 15.7. The second-order valence-electron chi connectivity index (χ2n) is 5.50. The van der Waals surface area contributed by atoms with Gasteiger partial charge in [-0.2, -0.15) is 4.31 Å². The molecule has 0 spiro atoms. The third kappa shape index (κ3) is 2.50. The molecular weight excluding hydrogens is 296 g/mol. The monoisotopic (exact) mass is 314 g/mol. The minimum atomic E-state index is -3.80. The number of aromatic nitrogens is 1. The molecule has 0 aliphatic carbocycles. The molecule has 0 amide bonds. The number of nitrogens with zero attached hydrogens (tertiary/aromatic N) is 2. The lowest BCUT2D eigenvalue weighted by Gasteiger charge is -2.32. The van der Waals surface area contributed by atoms with E-state index in [0.717, 1.165) is 4.31 Å². The van der Waals surface area contributed by atoms with E-state index in [2.05, 4.69) is 0 Å². The van der Waals surface area contributed by atoms with Crippen LogP contribution in [0.1, 0.15) is 13.8 Å². The molecule has 1 heterocycles. The van der Waals surface area contributed by atoms with Crippen LogP contribution in [-0.4, -0.2) is 41.6 Å². The molecule has 0 saturated carbocycles. The maximum absolute atomic E-state index is 12.6. The van der Waals surface area contributed by atoms with Gasteiger partial charge >= 0.3 is 5.76 Å². The lowest BCUT2D eigenvalue weighted by atomic mass is 10.1. The van der Waals surface area contributed by atoms with Gasteiger partial charge in [0, 0.05) is 20.2 Å². The summed E-state index contributed by atoms with van der Waals surface area (Å²) in [6.07, 6.45) is 0. The summed E-state index contributed by atoms with van der Waals surface area (Å²) in [6, 6.07) is 4.25. The summed E-state index contributed by atoms with van der Waals surface area (Å²) in [5, 5.41) is 9.32. The molecule has 0 radical (unpaired) electrons. The van der Waals surface area contributed by atoms with Gasteiger partial charge in [-0.25, -0.2) is 13.2 Å². The van der Waals surface area contributed by atoms with Crippen molar-refractivity contribution in [3.8, 4) is 0 Å². The smallest absolute Gasteiger partial charge is 0.408 e. The van der Waals surface area contributed by atoms with Gasteiger partial charge in [-0.3, -0.25) is 4.57 Å². The fourth-order valence-electron chi connectivity index (χ4n) is 1.86. The van der Waals surface area contributed by atoms with Crippen LogP contribution in [0.2, 0.25) is 0 Å². The zero-order valence-electron chi connectivity index (χ0n) is 12.3. The average Bonchev–Trinajstić information content (AvgIpc) is 2.72. The van der Waals surface area contributed by atoms with Gasteiger partial charge in [0.25, 0.3) is 0 Å². The number of aliphatic hydroxyl groups is 1. The molecule has 8 heteroatoms. The van der Waals surface area contributed by atoms with Crippen molar-refractivity contribution in [3.05, 3.63) is 28.7 Å². The van der Waals surface area contributed by atoms with Crippen molar-refractivity contribution in [1.82, 2.24) is 8.87 Å². The van der Waals surface area contributed by atoms with E-state index < -0.39 is 21.3 Å². The van der Waals surface area contributed by atoms with Crippen LogP contribution in [0, 0.1) is 0 Å². The summed E-state index contributed by atoms with van der Waals surface area (Å²) in [7, 11) is -0.857. The highest BCUT2D eigenvalue weighted by molar-refractivity contribution is 7.89. The Bertz CT molecular complexity index is 832. The molecule has 0 bridgehead atoms. The molecule has 0 aliphatic rings. The van der Waals surface area contributed by atoms with Gasteiger partial charge in [0.1, 0.15) is 0 Å². The van der Waals surface area contributed by atoms with E-state index in [-0.39, 0.29) is 17.1 Å². The summed E-state index contributed by atoms with van der Waals surface area (Å²) in [5.74, 6) is -0.552. The van der Waals surface area contributed by atoms with Crippen molar-refractivity contribution in [2.45, 2.75) is 24.3 Å². The summed E-state index contributed by atoms with van der Waals surface area (Å²) in [5.41, 5.74) is -0.215. The number of rotatable bonds is 4. The van der Waals surface area contributed by atoms with Gasteiger partial charge in [-0.1, -0.05) is 0 Å². The Morgan fingerprint density at radius 2 is 2.00 bits per heavy atom. The van der Waals surface area contributed by atoms with Crippen molar-refractivity contribution < 1.29 is 17.9 Å². The lowest BCUT2D eigenvalue weighted by molar-refractivity contribution is 0.138. The normalized spacial score (nSPS) is 13.2. The molecule has 1 aromatic carbocycles. The Morgan fingerprint density at radius 3 is 2.57 bits per heavy atom. The second kappa shape index (κ2) is 4.97. The lowest BCUT2D eigenvalue weighted by Crippen LogP contribution is -2.47. The third-order valence-corrected chi connectivity index (χ3v) is 5.73. The topological polar surface area (TPSA) is 92.8 Å². The highest BCUT2D eigenvalue weighted by Crippen LogP contribution is 2.25. The third-order valence-electron chi connectivity index (χ3n) is 3.66. The van der Waals surface area contributed by atoms with Crippen molar-refractivity contribution in [2.24, 2.45) is 7.05 Å². The second-order valence-corrected chi connectivity index (χ2v) is 7.47. The van der Waals surface area contributed by atoms with Crippen molar-refractivity contribution >= 4 is 21.1 Å². The molecule has 0 saturated heterocycles. The molecule has 7 nitrogen and oxygen atoms in total. The predicted molar refractivity (Wildman–Crippen MR) is 77.6 cm³/mol. The number of sulfonamides is 1. The number of hydrogen-bond donors (Lipinski definition) is 1. The Balaban J connectivity index is 2.58. The van der Waals surface area contributed by atoms with Crippen molar-refractivity contribution in [2.75, 3.05) is 13.7 Å². The fourth-order valence-corrected chi connectivity index (χ4v) is 3.38. The maximum Gasteiger partial charge on any atom is 0.419 e. The molecule has 1 aromatic heterocycles. The zero-order chi connectivity index (χ0) is 16.0. The molecule has 21 heavy (non-hydrogen) atoms. The van der Waals surface area contributed by atoms with Crippen molar-refractivity contribution in [1.29, 1.82) is 0 Å². The highest BCUT2D eigenvalue weighted by Gasteiger charge is 2.33. The van der Waals surface area contributed by atoms with Gasteiger partial charge in [-0.05, 0) is 26.0 Å². The zero-order valence-corrected chi connectivity index (χ0v) is 13.1. The molecule has 2 aromatic rings. The quantitative estimate of drug-likeness (QED) is 0.888. The van der Waals surface area contributed by atoms with Crippen LogP contribution in [0.3, 0.4) is 0 Å². The van der Waals surface area contributed by atoms with Crippen LogP contribution in [0.15, 0.2) is 32.3 Å². The summed E-state index contributed by atoms with van der Waals surface area (Å²) >= 11 is 0. The molecule has 2 rings (SSSR count). The van der Waals surface area contributed by atoms with Crippen LogP contribution in [0.25, 0.3) is 11.1 Å². The number of aliphatic hydroxyl groups excluding tert-OH is 1. The van der Waals surface area contributed by atoms with Crippen LogP contribution >= 0.6 is 0 Å². The molecule has 0 fully saturated rings. The number of oxazole rings is 1. The molecule has 0 unspecified atom stereocenters. The Hall–Kier alpha value is -1.64. The minimum absolute atomic E-state index is 0.00775. The number of likely N-dealkylation sites (N-methyl/N-ethyl adjacent to an activating group) is 1. The SMILES string of the molecule is CN(C(C)(C)CO)S(=O)(=O)c1ccc2c(c1)oc(=O)n2C. The Labute approximate surface area is 122 Å². The Morgan fingerprint density at radius 1 is 1.38 bits per heavy atom. The standard InChI is InChI=1S/C13H18N2O5S/c1-13(2,8-16)15(4)21(18,19)9-5-6-10-11(7-9)20-12(17)14(10)3/h5-7,16H,8H2,1-4H3. The predicted octanol–water partition coefficient (Wildman–Crippen LogP) is 0.523. The van der Waals surface area contributed by atoms with Gasteiger partial charge in [-0.15, -0.1) is 0 Å². The largest absolute Gasteiger partial charge is 0.419 e. The van der Waals surface area contributed by atoms with Gasteiger partial charge < -0.3 is 9.52 Å². The molecular formula is C13H18N2O5S. The van der Waals surface area contributed by atoms with Crippen LogP contribution < -0.4 is 5.76 Å². The van der Waals surface area contributed by atoms with Gasteiger partial charge in [0.05, 0.1) is 22.6 Å². The first-order valence-corrected chi connectivity index (χ1v) is 7.75. The molecule has 0 aliphatic heterocycles. The average molecular weight is 314 g/mol. The fraction of sp³-hybridized carbons (Fsp3) is 0.462. The van der Waals surface area contributed by atoms with Gasteiger partial charge in [0.2, 0.25) is 10.0 Å². The van der Waals surface area contributed by atoms with E-state index in [1.54, 1.807) is 20.9 Å². The van der Waals surface area contributed by atoms with Crippen molar-refractivity contribution in [3.63, 3.8) is 0 Å². The first-order chi connectivity index (χ1) is 9.61. The molecule has 0 atom stereocenters. The van der Waals surface area contributed by atoms with E-state index in [0.29, 0.717) is 5.52 Å². The summed E-state index contributed by atoms with van der Waals surface area (Å²) in [6.45, 7) is 2.92. The number of fused-ring (bicyclic) bond motifs is 1. The highest BCUT2D eigenvalue weighted by atomic mass is 32.2. The minimum Gasteiger partial charge on any atom is -0.408 e. The summed E-state index contributed by atoms with van der Waals surface area (Å²) in [4.78, 5) is 11.4. The van der Waals surface area contributed by atoms with E-state index in [1.807, 2.05) is 0 Å².